The number of benzene rings is 2. The number of amidine groups is 1. The van der Waals surface area contributed by atoms with Gasteiger partial charge in [0.05, 0.1) is 18.8 Å². The molecular formula is C18H13ClF2N4OS. The second-order valence-corrected chi connectivity index (χ2v) is 7.14. The van der Waals surface area contributed by atoms with E-state index < -0.39 is 17.8 Å². The first-order chi connectivity index (χ1) is 13.1. The molecule has 2 atom stereocenters. The maximum atomic E-state index is 14.6. The zero-order valence-corrected chi connectivity index (χ0v) is 15.4. The van der Waals surface area contributed by atoms with Crippen molar-refractivity contribution in [2.24, 2.45) is 4.99 Å². The molecule has 0 radical (unpaired) electrons. The average molecular weight is 407 g/mol. The molecule has 4 rings (SSSR count). The Bertz CT molecular complexity index is 947. The van der Waals surface area contributed by atoms with Crippen LogP contribution in [0.15, 0.2) is 47.5 Å². The second-order valence-electron chi connectivity index (χ2n) is 5.98. The van der Waals surface area contributed by atoms with Gasteiger partial charge in [0.2, 0.25) is 0 Å². The number of thioether (sulfide) groups is 1. The van der Waals surface area contributed by atoms with E-state index in [1.807, 2.05) is 5.40 Å². The molecule has 1 fully saturated rings. The van der Waals surface area contributed by atoms with Gasteiger partial charge in [0.1, 0.15) is 17.3 Å². The number of nitriles is 1. The van der Waals surface area contributed by atoms with Gasteiger partial charge in [0, 0.05) is 28.4 Å². The van der Waals surface area contributed by atoms with Gasteiger partial charge in [-0.05, 0) is 18.2 Å². The molecule has 0 spiro atoms. The number of nitrogens with zero attached hydrogens (tertiary/aromatic N) is 4. The van der Waals surface area contributed by atoms with Crippen LogP contribution in [0.1, 0.15) is 11.7 Å². The molecule has 2 aromatic carbocycles. The number of ether oxygens (including phenoxy) is 1. The third-order valence-corrected chi connectivity index (χ3v) is 5.14. The van der Waals surface area contributed by atoms with Gasteiger partial charge in [-0.25, -0.2) is 13.8 Å². The van der Waals surface area contributed by atoms with Crippen molar-refractivity contribution >= 4 is 34.2 Å². The molecule has 5 nitrogen and oxygen atoms in total. The van der Waals surface area contributed by atoms with Crippen molar-refractivity contribution in [2.45, 2.75) is 12.3 Å². The molecule has 2 aliphatic heterocycles. The molecule has 0 amide bonds. The number of aliphatic imine (C=N–C) groups is 1. The Labute approximate surface area is 163 Å². The van der Waals surface area contributed by atoms with E-state index in [1.54, 1.807) is 34.3 Å². The zero-order valence-electron chi connectivity index (χ0n) is 13.8. The van der Waals surface area contributed by atoms with Gasteiger partial charge in [-0.1, -0.05) is 29.8 Å². The number of thiocyanates is 1. The summed E-state index contributed by atoms with van der Waals surface area (Å²) in [5.74, 6) is -1.40. The Kier molecular flexibility index (Phi) is 4.91. The number of halogens is 3. The predicted octanol–water partition coefficient (Wildman–Crippen LogP) is 4.32. The predicted molar refractivity (Wildman–Crippen MR) is 100 cm³/mol. The van der Waals surface area contributed by atoms with E-state index in [-0.39, 0.29) is 11.8 Å². The minimum atomic E-state index is -0.729. The maximum Gasteiger partial charge on any atom is 0.195 e. The smallest absolute Gasteiger partial charge is 0.195 e. The molecule has 2 aromatic rings. The standard InChI is InChI=1S/C18H13ClF2N4OS/c19-14-4-2-1-3-13(14)17-23-18(27-10-22)24(8-12-9-26-12)25(17)16-6-5-11(20)7-15(16)21/h1-7,12,17H,8-9H2. The summed E-state index contributed by atoms with van der Waals surface area (Å²) in [4.78, 5) is 4.60. The largest absolute Gasteiger partial charge is 0.371 e. The monoisotopic (exact) mass is 406 g/mol. The number of anilines is 1. The number of hydrogen-bond donors (Lipinski definition) is 0. The highest BCUT2D eigenvalue weighted by atomic mass is 35.5. The number of hydrazine groups is 1. The highest BCUT2D eigenvalue weighted by Gasteiger charge is 2.41. The quantitative estimate of drug-likeness (QED) is 0.559. The summed E-state index contributed by atoms with van der Waals surface area (Å²) in [7, 11) is 0. The van der Waals surface area contributed by atoms with Crippen LogP contribution in [0.25, 0.3) is 0 Å². The Balaban J connectivity index is 1.83. The van der Waals surface area contributed by atoms with E-state index >= 15 is 0 Å². The molecule has 138 valence electrons. The first-order valence-electron chi connectivity index (χ1n) is 8.10. The SMILES string of the molecule is N#CSC1=NC(c2ccccc2Cl)N(c2ccc(F)cc2F)N1CC1CO1. The summed E-state index contributed by atoms with van der Waals surface area (Å²) >= 11 is 7.22. The normalized spacial score (nSPS) is 21.2. The van der Waals surface area contributed by atoms with Gasteiger partial charge in [-0.2, -0.15) is 5.26 Å². The van der Waals surface area contributed by atoms with Crippen LogP contribution in [0.4, 0.5) is 14.5 Å². The molecule has 0 aliphatic carbocycles. The van der Waals surface area contributed by atoms with Crippen LogP contribution in [0.5, 0.6) is 0 Å². The van der Waals surface area contributed by atoms with Crippen LogP contribution in [-0.2, 0) is 4.74 Å². The van der Waals surface area contributed by atoms with Gasteiger partial charge >= 0.3 is 0 Å². The summed E-state index contributed by atoms with van der Waals surface area (Å²) in [5, 5.41) is 15.3. The molecule has 0 N–H and O–H groups in total. The molecule has 0 bridgehead atoms. The van der Waals surface area contributed by atoms with Gasteiger partial charge in [0.15, 0.2) is 17.2 Å². The molecule has 2 heterocycles. The minimum absolute atomic E-state index is 0.0366. The lowest BCUT2D eigenvalue weighted by molar-refractivity contribution is 0.315. The molecule has 1 saturated heterocycles. The summed E-state index contributed by atoms with van der Waals surface area (Å²) in [6.07, 6.45) is -0.723. The lowest BCUT2D eigenvalue weighted by Crippen LogP contribution is -2.44. The first-order valence-corrected chi connectivity index (χ1v) is 9.29. The van der Waals surface area contributed by atoms with Crippen molar-refractivity contribution < 1.29 is 13.5 Å². The van der Waals surface area contributed by atoms with Gasteiger partial charge < -0.3 is 4.74 Å². The van der Waals surface area contributed by atoms with Crippen molar-refractivity contribution in [3.8, 4) is 5.40 Å². The summed E-state index contributed by atoms with van der Waals surface area (Å²) in [6, 6.07) is 10.5. The Morgan fingerprint density at radius 1 is 1.30 bits per heavy atom. The van der Waals surface area contributed by atoms with Crippen LogP contribution in [0, 0.1) is 22.3 Å². The van der Waals surface area contributed by atoms with Gasteiger partial charge in [-0.3, -0.25) is 10.0 Å². The summed E-state index contributed by atoms with van der Waals surface area (Å²) < 4.78 is 33.4. The fourth-order valence-electron chi connectivity index (χ4n) is 2.92. The van der Waals surface area contributed by atoms with Crippen LogP contribution >= 0.6 is 23.4 Å². The number of rotatable bonds is 4. The first kappa shape index (κ1) is 18.0. The van der Waals surface area contributed by atoms with E-state index in [0.717, 1.165) is 17.8 Å². The molecular weight excluding hydrogens is 394 g/mol. The molecule has 2 unspecified atom stereocenters. The third kappa shape index (κ3) is 3.58. The van der Waals surface area contributed by atoms with Crippen molar-refractivity contribution in [3.05, 3.63) is 64.7 Å². The second kappa shape index (κ2) is 7.35. The fraction of sp³-hybridized carbons (Fsp3) is 0.222. The lowest BCUT2D eigenvalue weighted by atomic mass is 10.1. The zero-order chi connectivity index (χ0) is 19.0. The van der Waals surface area contributed by atoms with E-state index in [0.29, 0.717) is 28.9 Å². The third-order valence-electron chi connectivity index (χ3n) is 4.20. The topological polar surface area (TPSA) is 55.2 Å². The van der Waals surface area contributed by atoms with E-state index in [4.69, 9.17) is 21.6 Å². The van der Waals surface area contributed by atoms with Crippen molar-refractivity contribution in [2.75, 3.05) is 18.2 Å². The van der Waals surface area contributed by atoms with Crippen molar-refractivity contribution in [1.29, 1.82) is 5.26 Å². The molecule has 2 aliphatic rings. The lowest BCUT2D eigenvalue weighted by Gasteiger charge is -2.35. The number of epoxide rings is 1. The highest BCUT2D eigenvalue weighted by Crippen LogP contribution is 2.41. The van der Waals surface area contributed by atoms with Crippen LogP contribution in [-0.4, -0.2) is 29.4 Å². The molecule has 0 aromatic heterocycles. The van der Waals surface area contributed by atoms with Crippen molar-refractivity contribution in [3.63, 3.8) is 0 Å². The summed E-state index contributed by atoms with van der Waals surface area (Å²) in [6.45, 7) is 0.975. The highest BCUT2D eigenvalue weighted by molar-refractivity contribution is 8.17. The van der Waals surface area contributed by atoms with Crippen LogP contribution in [0.2, 0.25) is 5.02 Å². The summed E-state index contributed by atoms with van der Waals surface area (Å²) in [5.41, 5.74) is 0.789. The van der Waals surface area contributed by atoms with Gasteiger partial charge in [-0.15, -0.1) is 0 Å². The van der Waals surface area contributed by atoms with E-state index in [1.165, 1.54) is 12.1 Å². The van der Waals surface area contributed by atoms with Crippen molar-refractivity contribution in [1.82, 2.24) is 5.01 Å². The van der Waals surface area contributed by atoms with E-state index in [9.17, 15) is 8.78 Å². The Hall–Kier alpha value is -2.34. The van der Waals surface area contributed by atoms with Crippen LogP contribution < -0.4 is 5.01 Å². The van der Waals surface area contributed by atoms with E-state index in [2.05, 4.69) is 4.99 Å². The molecule has 9 heteroatoms. The Morgan fingerprint density at radius 3 is 2.74 bits per heavy atom. The fourth-order valence-corrected chi connectivity index (χ4v) is 3.65. The Morgan fingerprint density at radius 2 is 2.07 bits per heavy atom. The van der Waals surface area contributed by atoms with Gasteiger partial charge in [0.25, 0.3) is 0 Å². The van der Waals surface area contributed by atoms with Crippen LogP contribution in [0.3, 0.4) is 0 Å². The molecule has 27 heavy (non-hydrogen) atoms. The molecule has 0 saturated carbocycles. The minimum Gasteiger partial charge on any atom is -0.371 e. The number of hydrogen-bond acceptors (Lipinski definition) is 6. The maximum absolute atomic E-state index is 14.6. The average Bonchev–Trinajstić information content (AvgIpc) is 3.39.